The molecule has 1 aliphatic heterocycles. The van der Waals surface area contributed by atoms with E-state index in [1.54, 1.807) is 6.07 Å². The zero-order chi connectivity index (χ0) is 9.97. The number of para-hydroxylation sites is 1. The molecule has 0 spiro atoms. The largest absolute Gasteiger partial charge is 0.396 e. The minimum atomic E-state index is -0.310. The molecular formula is C11H15FN2. The molecule has 14 heavy (non-hydrogen) atoms. The lowest BCUT2D eigenvalue weighted by molar-refractivity contribution is 0.412. The third-order valence-corrected chi connectivity index (χ3v) is 2.77. The van der Waals surface area contributed by atoms with Crippen molar-refractivity contribution >= 4 is 5.69 Å². The van der Waals surface area contributed by atoms with Crippen molar-refractivity contribution in [1.82, 2.24) is 5.32 Å². The van der Waals surface area contributed by atoms with Gasteiger partial charge in [0.1, 0.15) is 5.82 Å². The second kappa shape index (κ2) is 3.96. The molecular weight excluding hydrogens is 179 g/mol. The Morgan fingerprint density at radius 2 is 2.21 bits per heavy atom. The molecule has 2 nitrogen and oxygen atoms in total. The van der Waals surface area contributed by atoms with E-state index < -0.39 is 0 Å². The maximum absolute atomic E-state index is 13.2. The van der Waals surface area contributed by atoms with Crippen LogP contribution < -0.4 is 11.1 Å². The van der Waals surface area contributed by atoms with E-state index in [4.69, 9.17) is 5.73 Å². The molecule has 1 atom stereocenters. The molecule has 0 aromatic heterocycles. The Hall–Kier alpha value is -1.09. The maximum atomic E-state index is 13.2. The Balaban J connectivity index is 2.26. The SMILES string of the molecule is Nc1c(F)cccc1[C@@H]1CCCCN1. The molecule has 1 aromatic carbocycles. The van der Waals surface area contributed by atoms with Crippen molar-refractivity contribution in [3.05, 3.63) is 29.6 Å². The van der Waals surface area contributed by atoms with Crippen molar-refractivity contribution < 1.29 is 4.39 Å². The molecule has 0 unspecified atom stereocenters. The Bertz CT molecular complexity index is 319. The van der Waals surface area contributed by atoms with Crippen LogP contribution in [0.1, 0.15) is 30.9 Å². The summed E-state index contributed by atoms with van der Waals surface area (Å²) in [5.74, 6) is -0.310. The zero-order valence-electron chi connectivity index (χ0n) is 8.09. The normalized spacial score (nSPS) is 22.2. The van der Waals surface area contributed by atoms with Gasteiger partial charge in [0.25, 0.3) is 0 Å². The standard InChI is InChI=1S/C11H15FN2/c12-9-5-3-4-8(11(9)13)10-6-1-2-7-14-10/h3-5,10,14H,1-2,6-7,13H2/t10-/m0/s1. The Kier molecular flexibility index (Phi) is 2.68. The number of rotatable bonds is 1. The van der Waals surface area contributed by atoms with Crippen molar-refractivity contribution in [3.8, 4) is 0 Å². The van der Waals surface area contributed by atoms with Gasteiger partial charge in [0.05, 0.1) is 5.69 Å². The average Bonchev–Trinajstić information content (AvgIpc) is 2.23. The van der Waals surface area contributed by atoms with E-state index in [2.05, 4.69) is 5.32 Å². The van der Waals surface area contributed by atoms with Crippen LogP contribution in [0, 0.1) is 5.82 Å². The number of nitrogens with one attached hydrogen (secondary N) is 1. The van der Waals surface area contributed by atoms with Crippen molar-refractivity contribution in [2.24, 2.45) is 0 Å². The molecule has 1 heterocycles. The summed E-state index contributed by atoms with van der Waals surface area (Å²) >= 11 is 0. The van der Waals surface area contributed by atoms with Crippen LogP contribution in [0.25, 0.3) is 0 Å². The molecule has 76 valence electrons. The summed E-state index contributed by atoms with van der Waals surface area (Å²) < 4.78 is 13.2. The number of anilines is 1. The van der Waals surface area contributed by atoms with E-state index >= 15 is 0 Å². The number of nitrogen functional groups attached to an aromatic ring is 1. The van der Waals surface area contributed by atoms with Crippen LogP contribution in [0.5, 0.6) is 0 Å². The monoisotopic (exact) mass is 194 g/mol. The lowest BCUT2D eigenvalue weighted by Crippen LogP contribution is -2.27. The fraction of sp³-hybridized carbons (Fsp3) is 0.455. The summed E-state index contributed by atoms with van der Waals surface area (Å²) in [5, 5.41) is 3.36. The summed E-state index contributed by atoms with van der Waals surface area (Å²) in [6.45, 7) is 1.00. The zero-order valence-corrected chi connectivity index (χ0v) is 8.09. The van der Waals surface area contributed by atoms with Gasteiger partial charge >= 0.3 is 0 Å². The number of nitrogens with two attached hydrogens (primary N) is 1. The average molecular weight is 194 g/mol. The van der Waals surface area contributed by atoms with Gasteiger partial charge in [0, 0.05) is 6.04 Å². The topological polar surface area (TPSA) is 38.0 Å². The summed E-state index contributed by atoms with van der Waals surface area (Å²) in [6, 6.07) is 5.26. The quantitative estimate of drug-likeness (QED) is 0.673. The van der Waals surface area contributed by atoms with Crippen LogP contribution in [-0.2, 0) is 0 Å². The minimum absolute atomic E-state index is 0.236. The van der Waals surface area contributed by atoms with Gasteiger partial charge in [-0.25, -0.2) is 4.39 Å². The van der Waals surface area contributed by atoms with E-state index in [9.17, 15) is 4.39 Å². The van der Waals surface area contributed by atoms with Crippen molar-refractivity contribution in [1.29, 1.82) is 0 Å². The highest BCUT2D eigenvalue weighted by atomic mass is 19.1. The van der Waals surface area contributed by atoms with Gasteiger partial charge in [-0.2, -0.15) is 0 Å². The van der Waals surface area contributed by atoms with Gasteiger partial charge in [-0.05, 0) is 31.0 Å². The van der Waals surface area contributed by atoms with E-state index in [0.717, 1.165) is 18.5 Å². The molecule has 0 radical (unpaired) electrons. The van der Waals surface area contributed by atoms with Crippen LogP contribution >= 0.6 is 0 Å². The molecule has 2 rings (SSSR count). The highest BCUT2D eigenvalue weighted by Gasteiger charge is 2.17. The Morgan fingerprint density at radius 1 is 1.36 bits per heavy atom. The first kappa shape index (κ1) is 9.46. The van der Waals surface area contributed by atoms with Crippen LogP contribution in [0.4, 0.5) is 10.1 Å². The number of hydrogen-bond acceptors (Lipinski definition) is 2. The van der Waals surface area contributed by atoms with Gasteiger partial charge in [0.15, 0.2) is 0 Å². The summed E-state index contributed by atoms with van der Waals surface area (Å²) in [6.07, 6.45) is 3.44. The Morgan fingerprint density at radius 3 is 2.93 bits per heavy atom. The first-order chi connectivity index (χ1) is 6.79. The first-order valence-corrected chi connectivity index (χ1v) is 5.06. The predicted octanol–water partition coefficient (Wildman–Crippen LogP) is 2.22. The smallest absolute Gasteiger partial charge is 0.146 e. The van der Waals surface area contributed by atoms with Crippen molar-refractivity contribution in [2.75, 3.05) is 12.3 Å². The number of halogens is 1. The van der Waals surface area contributed by atoms with Gasteiger partial charge in [-0.1, -0.05) is 18.6 Å². The third-order valence-electron chi connectivity index (χ3n) is 2.77. The van der Waals surface area contributed by atoms with Gasteiger partial charge < -0.3 is 11.1 Å². The fourth-order valence-corrected chi connectivity index (χ4v) is 1.97. The van der Waals surface area contributed by atoms with Crippen molar-refractivity contribution in [3.63, 3.8) is 0 Å². The minimum Gasteiger partial charge on any atom is -0.396 e. The second-order valence-electron chi connectivity index (χ2n) is 3.75. The second-order valence-corrected chi connectivity index (χ2v) is 3.75. The van der Waals surface area contributed by atoms with Crippen LogP contribution in [-0.4, -0.2) is 6.54 Å². The molecule has 1 saturated heterocycles. The van der Waals surface area contributed by atoms with E-state index in [1.165, 1.54) is 18.9 Å². The van der Waals surface area contributed by atoms with Gasteiger partial charge in [-0.15, -0.1) is 0 Å². The molecule has 1 aromatic rings. The molecule has 0 bridgehead atoms. The molecule has 1 aliphatic rings. The van der Waals surface area contributed by atoms with Gasteiger partial charge in [0.2, 0.25) is 0 Å². The third kappa shape index (κ3) is 1.73. The summed E-state index contributed by atoms with van der Waals surface area (Å²) in [4.78, 5) is 0. The van der Waals surface area contributed by atoms with E-state index in [1.807, 2.05) is 6.07 Å². The lowest BCUT2D eigenvalue weighted by atomic mass is 9.96. The van der Waals surface area contributed by atoms with E-state index in [0.29, 0.717) is 5.69 Å². The number of piperidine rings is 1. The summed E-state index contributed by atoms with van der Waals surface area (Å²) in [7, 11) is 0. The molecule has 3 N–H and O–H groups in total. The highest BCUT2D eigenvalue weighted by molar-refractivity contribution is 5.49. The summed E-state index contributed by atoms with van der Waals surface area (Å²) in [5.41, 5.74) is 6.90. The van der Waals surface area contributed by atoms with Crippen LogP contribution in [0.3, 0.4) is 0 Å². The molecule has 1 fully saturated rings. The molecule has 3 heteroatoms. The highest BCUT2D eigenvalue weighted by Crippen LogP contribution is 2.28. The van der Waals surface area contributed by atoms with E-state index in [-0.39, 0.29) is 11.9 Å². The van der Waals surface area contributed by atoms with Crippen LogP contribution in [0.2, 0.25) is 0 Å². The number of hydrogen-bond donors (Lipinski definition) is 2. The van der Waals surface area contributed by atoms with Crippen LogP contribution in [0.15, 0.2) is 18.2 Å². The first-order valence-electron chi connectivity index (χ1n) is 5.06. The lowest BCUT2D eigenvalue weighted by Gasteiger charge is -2.24. The molecule has 0 amide bonds. The Labute approximate surface area is 83.3 Å². The molecule has 0 aliphatic carbocycles. The number of benzene rings is 1. The fourth-order valence-electron chi connectivity index (χ4n) is 1.97. The predicted molar refractivity (Wildman–Crippen MR) is 55.4 cm³/mol. The molecule has 0 saturated carbocycles. The van der Waals surface area contributed by atoms with Gasteiger partial charge in [-0.3, -0.25) is 0 Å². The maximum Gasteiger partial charge on any atom is 0.146 e. The van der Waals surface area contributed by atoms with Crippen molar-refractivity contribution in [2.45, 2.75) is 25.3 Å².